The van der Waals surface area contributed by atoms with Crippen molar-refractivity contribution >= 4 is 23.4 Å². The van der Waals surface area contributed by atoms with Crippen LogP contribution in [0.1, 0.15) is 25.3 Å². The zero-order chi connectivity index (χ0) is 16.6. The van der Waals surface area contributed by atoms with Crippen LogP contribution in [-0.2, 0) is 20.8 Å². The predicted octanol–water partition coefficient (Wildman–Crippen LogP) is 0.688. The number of carbonyl (C=O) groups excluding carboxylic acids is 3. The number of anilines is 1. The number of fused-ring (bicyclic) bond motifs is 1. The third kappa shape index (κ3) is 2.81. The Morgan fingerprint density at radius 1 is 1.22 bits per heavy atom. The van der Waals surface area contributed by atoms with Gasteiger partial charge in [0, 0.05) is 32.1 Å². The molecule has 0 radical (unpaired) electrons. The zero-order valence-corrected chi connectivity index (χ0v) is 13.2. The molecule has 3 amide bonds. The molecule has 0 saturated carbocycles. The largest absolute Gasteiger partial charge is 0.369 e. The average Bonchev–Trinajstić information content (AvgIpc) is 2.93. The monoisotopic (exact) mass is 315 g/mol. The molecule has 1 saturated heterocycles. The first kappa shape index (κ1) is 15.5. The van der Waals surface area contributed by atoms with E-state index in [1.54, 1.807) is 9.80 Å². The molecule has 0 bridgehead atoms. The van der Waals surface area contributed by atoms with E-state index in [2.05, 4.69) is 0 Å². The van der Waals surface area contributed by atoms with Crippen LogP contribution in [0.15, 0.2) is 24.3 Å². The summed E-state index contributed by atoms with van der Waals surface area (Å²) in [5.74, 6) is -0.887. The van der Waals surface area contributed by atoms with Crippen molar-refractivity contribution in [3.05, 3.63) is 29.8 Å². The number of rotatable bonds is 2. The first-order chi connectivity index (χ1) is 11.0. The minimum atomic E-state index is -0.517. The molecule has 2 N–H and O–H groups in total. The summed E-state index contributed by atoms with van der Waals surface area (Å²) in [6.45, 7) is 2.44. The number of hydrogen-bond acceptors (Lipinski definition) is 3. The van der Waals surface area contributed by atoms with E-state index in [-0.39, 0.29) is 23.6 Å². The minimum Gasteiger partial charge on any atom is -0.369 e. The Kier molecular flexibility index (Phi) is 4.07. The molecule has 1 aromatic carbocycles. The van der Waals surface area contributed by atoms with E-state index >= 15 is 0 Å². The minimum absolute atomic E-state index is 0.0950. The van der Waals surface area contributed by atoms with Crippen molar-refractivity contribution in [3.8, 4) is 0 Å². The number of primary amides is 1. The van der Waals surface area contributed by atoms with E-state index in [4.69, 9.17) is 5.73 Å². The van der Waals surface area contributed by atoms with E-state index < -0.39 is 6.04 Å². The lowest BCUT2D eigenvalue weighted by molar-refractivity contribution is -0.137. The van der Waals surface area contributed by atoms with Gasteiger partial charge >= 0.3 is 0 Å². The molecule has 3 rings (SSSR count). The molecule has 6 nitrogen and oxygen atoms in total. The lowest BCUT2D eigenvalue weighted by Crippen LogP contribution is -2.53. The van der Waals surface area contributed by atoms with Gasteiger partial charge in [-0.25, -0.2) is 0 Å². The van der Waals surface area contributed by atoms with Crippen LogP contribution in [0, 0.1) is 5.92 Å². The summed E-state index contributed by atoms with van der Waals surface area (Å²) >= 11 is 0. The van der Waals surface area contributed by atoms with Crippen LogP contribution in [0.25, 0.3) is 0 Å². The number of carbonyl (C=O) groups is 3. The Hall–Kier alpha value is -2.37. The van der Waals surface area contributed by atoms with Crippen LogP contribution >= 0.6 is 0 Å². The second-order valence-corrected chi connectivity index (χ2v) is 6.26. The summed E-state index contributed by atoms with van der Waals surface area (Å²) in [5.41, 5.74) is 7.20. The molecule has 23 heavy (non-hydrogen) atoms. The molecule has 2 heterocycles. The van der Waals surface area contributed by atoms with Gasteiger partial charge in [0.15, 0.2) is 0 Å². The maximum Gasteiger partial charge on any atom is 0.246 e. The summed E-state index contributed by atoms with van der Waals surface area (Å²) in [6, 6.07) is 7.07. The van der Waals surface area contributed by atoms with Crippen molar-refractivity contribution in [1.82, 2.24) is 4.90 Å². The molecule has 1 aromatic rings. The molecule has 2 aliphatic heterocycles. The van der Waals surface area contributed by atoms with E-state index in [1.807, 2.05) is 24.3 Å². The fraction of sp³-hybridized carbons (Fsp3) is 0.471. The van der Waals surface area contributed by atoms with E-state index in [9.17, 15) is 14.4 Å². The number of nitrogens with two attached hydrogens (primary N) is 1. The van der Waals surface area contributed by atoms with Crippen LogP contribution in [-0.4, -0.2) is 41.8 Å². The highest BCUT2D eigenvalue weighted by Gasteiger charge is 2.40. The zero-order valence-electron chi connectivity index (χ0n) is 13.2. The van der Waals surface area contributed by atoms with Gasteiger partial charge in [0.25, 0.3) is 0 Å². The summed E-state index contributed by atoms with van der Waals surface area (Å²) in [4.78, 5) is 39.7. The highest BCUT2D eigenvalue weighted by molar-refractivity contribution is 6.02. The normalized spacial score (nSPS) is 23.5. The molecular formula is C17H21N3O3. The van der Waals surface area contributed by atoms with Crippen LogP contribution in [0.3, 0.4) is 0 Å². The first-order valence-corrected chi connectivity index (χ1v) is 7.95. The van der Waals surface area contributed by atoms with Gasteiger partial charge in [0.1, 0.15) is 6.04 Å². The number of benzene rings is 1. The van der Waals surface area contributed by atoms with Gasteiger partial charge in [-0.3, -0.25) is 19.3 Å². The second kappa shape index (κ2) is 6.02. The molecule has 0 spiro atoms. The number of amides is 3. The number of likely N-dealkylation sites (tertiary alicyclic amines) is 1. The Labute approximate surface area is 135 Å². The number of piperidine rings is 1. The maximum atomic E-state index is 12.9. The van der Waals surface area contributed by atoms with E-state index in [0.717, 1.165) is 24.1 Å². The van der Waals surface area contributed by atoms with E-state index in [1.165, 1.54) is 6.92 Å². The molecule has 0 unspecified atom stereocenters. The molecule has 2 aliphatic rings. The molecule has 1 fully saturated rings. The van der Waals surface area contributed by atoms with Crippen LogP contribution in [0.5, 0.6) is 0 Å². The predicted molar refractivity (Wildman–Crippen MR) is 85.6 cm³/mol. The van der Waals surface area contributed by atoms with Gasteiger partial charge in [-0.05, 0) is 24.5 Å². The molecule has 122 valence electrons. The molecule has 6 heteroatoms. The van der Waals surface area contributed by atoms with Crippen molar-refractivity contribution in [2.24, 2.45) is 11.7 Å². The van der Waals surface area contributed by atoms with E-state index in [0.29, 0.717) is 19.5 Å². The standard InChI is InChI=1S/C17H21N3O3/c1-11(21)20-14-7-3-2-5-12(14)9-15(20)17(23)19-8-4-6-13(10-19)16(18)22/h2-3,5,7,13,15H,4,6,8-10H2,1H3,(H2,18,22)/t13-,15+/m0/s1. The molecule has 0 aliphatic carbocycles. The van der Waals surface area contributed by atoms with Gasteiger partial charge in [-0.2, -0.15) is 0 Å². The second-order valence-electron chi connectivity index (χ2n) is 6.26. The molecule has 0 aromatic heterocycles. The number of nitrogens with zero attached hydrogens (tertiary/aromatic N) is 2. The van der Waals surface area contributed by atoms with Crippen molar-refractivity contribution in [3.63, 3.8) is 0 Å². The van der Waals surface area contributed by atoms with Crippen molar-refractivity contribution in [1.29, 1.82) is 0 Å². The third-order valence-corrected chi connectivity index (χ3v) is 4.74. The van der Waals surface area contributed by atoms with Gasteiger partial charge in [0.05, 0.1) is 5.92 Å². The highest BCUT2D eigenvalue weighted by atomic mass is 16.2. The van der Waals surface area contributed by atoms with Crippen molar-refractivity contribution in [2.75, 3.05) is 18.0 Å². The Balaban J connectivity index is 1.82. The quantitative estimate of drug-likeness (QED) is 0.871. The first-order valence-electron chi connectivity index (χ1n) is 7.95. The van der Waals surface area contributed by atoms with Crippen LogP contribution in [0.2, 0.25) is 0 Å². The molecule has 2 atom stereocenters. The Morgan fingerprint density at radius 2 is 1.96 bits per heavy atom. The van der Waals surface area contributed by atoms with Gasteiger partial charge in [-0.1, -0.05) is 18.2 Å². The lowest BCUT2D eigenvalue weighted by Gasteiger charge is -2.35. The van der Waals surface area contributed by atoms with Crippen molar-refractivity contribution < 1.29 is 14.4 Å². The maximum absolute atomic E-state index is 12.9. The smallest absolute Gasteiger partial charge is 0.246 e. The van der Waals surface area contributed by atoms with Gasteiger partial charge in [-0.15, -0.1) is 0 Å². The SMILES string of the molecule is CC(=O)N1c2ccccc2C[C@@H]1C(=O)N1CCC[C@H](C(N)=O)C1. The number of para-hydroxylation sites is 1. The van der Waals surface area contributed by atoms with Gasteiger partial charge in [0.2, 0.25) is 17.7 Å². The van der Waals surface area contributed by atoms with Crippen LogP contribution < -0.4 is 10.6 Å². The fourth-order valence-corrected chi connectivity index (χ4v) is 3.59. The lowest BCUT2D eigenvalue weighted by atomic mass is 9.96. The topological polar surface area (TPSA) is 83.7 Å². The fourth-order valence-electron chi connectivity index (χ4n) is 3.59. The average molecular weight is 315 g/mol. The number of hydrogen-bond donors (Lipinski definition) is 1. The highest BCUT2D eigenvalue weighted by Crippen LogP contribution is 2.33. The summed E-state index contributed by atoms with van der Waals surface area (Å²) in [5, 5.41) is 0. The Morgan fingerprint density at radius 3 is 2.65 bits per heavy atom. The van der Waals surface area contributed by atoms with Crippen molar-refractivity contribution in [2.45, 2.75) is 32.2 Å². The molecular weight excluding hydrogens is 294 g/mol. The summed E-state index contributed by atoms with van der Waals surface area (Å²) < 4.78 is 0. The summed E-state index contributed by atoms with van der Waals surface area (Å²) in [6.07, 6.45) is 2.01. The summed E-state index contributed by atoms with van der Waals surface area (Å²) in [7, 11) is 0. The third-order valence-electron chi connectivity index (χ3n) is 4.74. The van der Waals surface area contributed by atoms with Crippen LogP contribution in [0.4, 0.5) is 5.69 Å². The van der Waals surface area contributed by atoms with Gasteiger partial charge < -0.3 is 10.6 Å². The Bertz CT molecular complexity index is 658.